The van der Waals surface area contributed by atoms with Crippen LogP contribution in [0.25, 0.3) is 0 Å². The highest BCUT2D eigenvalue weighted by atomic mass is 79.9. The zero-order valence-corrected chi connectivity index (χ0v) is 13.1. The first-order chi connectivity index (χ1) is 8.99. The average molecular weight is 341 g/mol. The van der Waals surface area contributed by atoms with Gasteiger partial charge in [0.25, 0.3) is 0 Å². The van der Waals surface area contributed by atoms with E-state index in [1.807, 2.05) is 25.1 Å². The van der Waals surface area contributed by atoms with Gasteiger partial charge in [0.15, 0.2) is 0 Å². The molecule has 0 unspecified atom stereocenters. The maximum absolute atomic E-state index is 13.6. The van der Waals surface area contributed by atoms with Gasteiger partial charge >= 0.3 is 0 Å². The molecule has 0 aliphatic carbocycles. The maximum Gasteiger partial charge on any atom is 0.126 e. The van der Waals surface area contributed by atoms with Crippen LogP contribution in [0.4, 0.5) is 4.39 Å². The van der Waals surface area contributed by atoms with Gasteiger partial charge in [0.05, 0.1) is 4.47 Å². The summed E-state index contributed by atoms with van der Waals surface area (Å²) in [6, 6.07) is 6.90. The van der Waals surface area contributed by atoms with Gasteiger partial charge in [-0.3, -0.25) is 0 Å². The van der Waals surface area contributed by atoms with Crippen LogP contribution in [-0.2, 0) is 0 Å². The van der Waals surface area contributed by atoms with Gasteiger partial charge in [0, 0.05) is 17.1 Å². The van der Waals surface area contributed by atoms with Crippen LogP contribution in [0.5, 0.6) is 0 Å². The Bertz CT molecular complexity index is 602. The van der Waals surface area contributed by atoms with Gasteiger partial charge in [-0.25, -0.2) is 9.37 Å². The molecule has 1 aromatic carbocycles. The molecule has 2 nitrogen and oxygen atoms in total. The van der Waals surface area contributed by atoms with Gasteiger partial charge in [0.2, 0.25) is 0 Å². The number of halogens is 2. The molecule has 0 aliphatic heterocycles. The predicted octanol–water partition coefficient (Wildman–Crippen LogP) is 4.46. The first kappa shape index (κ1) is 14.5. The number of rotatable bonds is 3. The highest BCUT2D eigenvalue weighted by Crippen LogP contribution is 2.36. The fraction of sp³-hybridized carbons (Fsp3) is 0.214. The number of aromatic nitrogens is 1. The second-order valence-corrected chi connectivity index (χ2v) is 6.21. The summed E-state index contributed by atoms with van der Waals surface area (Å²) in [6.07, 6.45) is 1.73. The van der Waals surface area contributed by atoms with Crippen molar-refractivity contribution < 1.29 is 4.39 Å². The molecule has 1 aromatic heterocycles. The van der Waals surface area contributed by atoms with Gasteiger partial charge in [-0.15, -0.1) is 0 Å². The van der Waals surface area contributed by atoms with Crippen LogP contribution in [0.1, 0.15) is 24.1 Å². The van der Waals surface area contributed by atoms with Crippen molar-refractivity contribution in [1.82, 2.24) is 4.98 Å². The minimum atomic E-state index is -0.225. The zero-order chi connectivity index (χ0) is 14.0. The summed E-state index contributed by atoms with van der Waals surface area (Å²) in [5.41, 5.74) is 7.32. The van der Waals surface area contributed by atoms with E-state index in [2.05, 4.69) is 20.9 Å². The summed E-state index contributed by atoms with van der Waals surface area (Å²) < 4.78 is 14.6. The summed E-state index contributed by atoms with van der Waals surface area (Å²) in [5, 5.41) is 0.843. The number of nitrogens with two attached hydrogens (primary N) is 1. The number of hydrogen-bond acceptors (Lipinski definition) is 3. The molecule has 0 radical (unpaired) electrons. The number of benzene rings is 1. The van der Waals surface area contributed by atoms with Gasteiger partial charge in [-0.05, 0) is 65.2 Å². The number of nitrogens with zero attached hydrogens (tertiary/aromatic N) is 1. The van der Waals surface area contributed by atoms with Crippen molar-refractivity contribution in [3.8, 4) is 0 Å². The minimum Gasteiger partial charge on any atom is -0.324 e. The molecule has 1 heterocycles. The molecule has 2 N–H and O–H groups in total. The Kier molecular flexibility index (Phi) is 4.60. The molecule has 0 spiro atoms. The lowest BCUT2D eigenvalue weighted by atomic mass is 10.1. The number of aryl methyl sites for hydroxylation is 1. The number of pyridine rings is 1. The summed E-state index contributed by atoms with van der Waals surface area (Å²) >= 11 is 4.95. The highest BCUT2D eigenvalue weighted by molar-refractivity contribution is 9.10. The van der Waals surface area contributed by atoms with E-state index in [1.54, 1.807) is 13.1 Å². The molecular weight excluding hydrogens is 327 g/mol. The minimum absolute atomic E-state index is 0.222. The molecule has 0 fully saturated rings. The van der Waals surface area contributed by atoms with Crippen LogP contribution >= 0.6 is 27.7 Å². The third-order valence-corrected chi connectivity index (χ3v) is 4.71. The van der Waals surface area contributed by atoms with E-state index < -0.39 is 0 Å². The molecule has 100 valence electrons. The molecule has 2 aromatic rings. The Morgan fingerprint density at radius 1 is 1.42 bits per heavy atom. The molecule has 0 saturated carbocycles. The molecule has 2 rings (SSSR count). The van der Waals surface area contributed by atoms with Gasteiger partial charge in [-0.2, -0.15) is 0 Å². The standard InChI is InChI=1S/C14H14BrFN2S/c1-8-6-13(10(9(2)17)7-12(8)16)19-14-11(15)4-3-5-18-14/h3-7,9H,17H2,1-2H3/t9-/m1/s1. The quantitative estimate of drug-likeness (QED) is 0.896. The van der Waals surface area contributed by atoms with Crippen molar-refractivity contribution in [3.05, 3.63) is 51.9 Å². The van der Waals surface area contributed by atoms with E-state index in [0.717, 1.165) is 20.0 Å². The Balaban J connectivity index is 2.45. The topological polar surface area (TPSA) is 38.9 Å². The van der Waals surface area contributed by atoms with E-state index in [4.69, 9.17) is 5.73 Å². The van der Waals surface area contributed by atoms with E-state index in [9.17, 15) is 4.39 Å². The molecular formula is C14H14BrFN2S. The fourth-order valence-electron chi connectivity index (χ4n) is 1.67. The predicted molar refractivity (Wildman–Crippen MR) is 79.8 cm³/mol. The van der Waals surface area contributed by atoms with Crippen molar-refractivity contribution >= 4 is 27.7 Å². The summed E-state index contributed by atoms with van der Waals surface area (Å²) in [5.74, 6) is -0.225. The Morgan fingerprint density at radius 2 is 2.16 bits per heavy atom. The van der Waals surface area contributed by atoms with Crippen LogP contribution in [-0.4, -0.2) is 4.98 Å². The fourth-order valence-corrected chi connectivity index (χ4v) is 3.25. The molecule has 5 heteroatoms. The third-order valence-electron chi connectivity index (χ3n) is 2.71. The van der Waals surface area contributed by atoms with Crippen molar-refractivity contribution in [2.45, 2.75) is 29.8 Å². The van der Waals surface area contributed by atoms with E-state index >= 15 is 0 Å². The summed E-state index contributed by atoms with van der Waals surface area (Å²) in [4.78, 5) is 5.25. The number of hydrogen-bond donors (Lipinski definition) is 1. The summed E-state index contributed by atoms with van der Waals surface area (Å²) in [7, 11) is 0. The molecule has 0 aliphatic rings. The van der Waals surface area contributed by atoms with E-state index in [1.165, 1.54) is 17.8 Å². The van der Waals surface area contributed by atoms with Crippen LogP contribution in [0.3, 0.4) is 0 Å². The van der Waals surface area contributed by atoms with Gasteiger partial charge in [0.1, 0.15) is 10.8 Å². The average Bonchev–Trinajstić information content (AvgIpc) is 2.36. The van der Waals surface area contributed by atoms with Crippen LogP contribution < -0.4 is 5.73 Å². The maximum atomic E-state index is 13.6. The Labute approximate surface area is 124 Å². The second-order valence-electron chi connectivity index (χ2n) is 4.32. The lowest BCUT2D eigenvalue weighted by molar-refractivity contribution is 0.610. The molecule has 19 heavy (non-hydrogen) atoms. The first-order valence-corrected chi connectivity index (χ1v) is 7.44. The van der Waals surface area contributed by atoms with Crippen molar-refractivity contribution in [1.29, 1.82) is 0 Å². The normalized spacial score (nSPS) is 12.5. The lowest BCUT2D eigenvalue weighted by Crippen LogP contribution is -2.07. The van der Waals surface area contributed by atoms with E-state index in [0.29, 0.717) is 5.56 Å². The van der Waals surface area contributed by atoms with Crippen molar-refractivity contribution in [2.75, 3.05) is 0 Å². The highest BCUT2D eigenvalue weighted by Gasteiger charge is 2.13. The van der Waals surface area contributed by atoms with Crippen LogP contribution in [0.15, 0.2) is 44.9 Å². The Morgan fingerprint density at radius 3 is 2.79 bits per heavy atom. The monoisotopic (exact) mass is 340 g/mol. The Hall–Kier alpha value is -0.910. The molecule has 0 bridgehead atoms. The van der Waals surface area contributed by atoms with Gasteiger partial charge in [-0.1, -0.05) is 11.8 Å². The molecule has 1 atom stereocenters. The first-order valence-electron chi connectivity index (χ1n) is 5.83. The van der Waals surface area contributed by atoms with Crippen LogP contribution in [0.2, 0.25) is 0 Å². The molecule has 0 amide bonds. The largest absolute Gasteiger partial charge is 0.324 e. The lowest BCUT2D eigenvalue weighted by Gasteiger charge is -2.14. The van der Waals surface area contributed by atoms with Gasteiger partial charge < -0.3 is 5.73 Å². The zero-order valence-electron chi connectivity index (χ0n) is 10.7. The second kappa shape index (κ2) is 6.03. The van der Waals surface area contributed by atoms with E-state index in [-0.39, 0.29) is 11.9 Å². The van der Waals surface area contributed by atoms with Crippen molar-refractivity contribution in [3.63, 3.8) is 0 Å². The van der Waals surface area contributed by atoms with Crippen LogP contribution in [0, 0.1) is 12.7 Å². The third kappa shape index (κ3) is 3.35. The SMILES string of the molecule is Cc1cc(Sc2ncccc2Br)c([C@@H](C)N)cc1F. The molecule has 0 saturated heterocycles. The smallest absolute Gasteiger partial charge is 0.126 e. The summed E-state index contributed by atoms with van der Waals surface area (Å²) in [6.45, 7) is 3.60. The van der Waals surface area contributed by atoms with Crippen molar-refractivity contribution in [2.24, 2.45) is 5.73 Å².